The first-order chi connectivity index (χ1) is 30.1. The number of aliphatic hydroxyl groups excluding tert-OH is 4. The van der Waals surface area contributed by atoms with Crippen molar-refractivity contribution in [3.8, 4) is 0 Å². The molecule has 0 bridgehead atoms. The zero-order valence-corrected chi connectivity index (χ0v) is 38.8. The molecule has 0 aromatic heterocycles. The van der Waals surface area contributed by atoms with Crippen LogP contribution in [0.1, 0.15) is 187 Å². The second-order valence-corrected chi connectivity index (χ2v) is 18.5. The first-order valence-electron chi connectivity index (χ1n) is 24.0. The van der Waals surface area contributed by atoms with Crippen molar-refractivity contribution in [2.75, 3.05) is 26.5 Å². The van der Waals surface area contributed by atoms with Gasteiger partial charge in [0.25, 0.3) is 0 Å². The number of esters is 2. The van der Waals surface area contributed by atoms with Crippen LogP contribution in [0.2, 0.25) is 0 Å². The summed E-state index contributed by atoms with van der Waals surface area (Å²) in [7, 11) is 1.08. The van der Waals surface area contributed by atoms with Crippen LogP contribution in [0.15, 0.2) is 0 Å². The predicted molar refractivity (Wildman–Crippen MR) is 241 cm³/mol. The quantitative estimate of drug-likeness (QED) is 0.0375. The molecule has 16 heteroatoms. The van der Waals surface area contributed by atoms with E-state index >= 15 is 0 Å². The number of unbranched alkanes of at least 4 members (excludes halogenated alkanes) is 4. The summed E-state index contributed by atoms with van der Waals surface area (Å²) in [4.78, 5) is 48.5. The van der Waals surface area contributed by atoms with Crippen LogP contribution in [0.3, 0.4) is 0 Å². The van der Waals surface area contributed by atoms with Crippen LogP contribution >= 0.6 is 8.58 Å². The number of carbonyl (C=O) groups excluding carboxylic acids is 4. The molecule has 6 aliphatic rings. The first-order valence-corrected chi connectivity index (χ1v) is 26.0. The lowest BCUT2D eigenvalue weighted by Crippen LogP contribution is -2.41. The molecule has 6 rings (SSSR count). The lowest BCUT2D eigenvalue weighted by atomic mass is 9.94. The second kappa shape index (κ2) is 34.1. The summed E-state index contributed by atoms with van der Waals surface area (Å²) in [5, 5.41) is 37.1. The molecule has 1 saturated heterocycles. The Morgan fingerprint density at radius 2 is 0.730 bits per heavy atom. The van der Waals surface area contributed by atoms with E-state index in [1.54, 1.807) is 0 Å². The molecule has 15 nitrogen and oxygen atoms in total. The molecule has 10 unspecified atom stereocenters. The number of ether oxygens (including phenoxy) is 7. The Hall–Kier alpha value is -2.29. The summed E-state index contributed by atoms with van der Waals surface area (Å²) in [6.45, 7) is 4.53. The highest BCUT2D eigenvalue weighted by Gasteiger charge is 2.40. The normalized spacial score (nSPS) is 29.6. The molecule has 0 aromatic carbocycles. The van der Waals surface area contributed by atoms with Crippen LogP contribution in [0.25, 0.3) is 0 Å². The van der Waals surface area contributed by atoms with Crippen molar-refractivity contribution in [2.24, 2.45) is 0 Å². The lowest BCUT2D eigenvalue weighted by molar-refractivity contribution is -0.163. The van der Waals surface area contributed by atoms with Gasteiger partial charge in [0, 0.05) is 26.1 Å². The van der Waals surface area contributed by atoms with E-state index in [1.807, 2.05) is 0 Å². The number of carbonyl (C=O) groups is 4. The molecule has 368 valence electrons. The molecule has 10 atom stereocenters. The average molecular weight is 921 g/mol. The fourth-order valence-corrected chi connectivity index (χ4v) is 8.59. The Morgan fingerprint density at radius 3 is 1.05 bits per heavy atom. The molecular weight excluding hydrogens is 835 g/mol. The van der Waals surface area contributed by atoms with Gasteiger partial charge in [-0.1, -0.05) is 46.0 Å². The number of aliphatic hydroxyl groups is 4. The van der Waals surface area contributed by atoms with Crippen molar-refractivity contribution in [2.45, 2.75) is 248 Å². The average Bonchev–Trinajstić information content (AvgIpc) is 4.05. The van der Waals surface area contributed by atoms with E-state index < -0.39 is 61.1 Å². The third kappa shape index (κ3) is 24.2. The van der Waals surface area contributed by atoms with Crippen LogP contribution in [0, 0.1) is 0 Å². The zero-order chi connectivity index (χ0) is 45.0. The third-order valence-electron chi connectivity index (χ3n) is 12.2. The van der Waals surface area contributed by atoms with Crippen LogP contribution in [0.4, 0.5) is 9.59 Å². The van der Waals surface area contributed by atoms with Gasteiger partial charge in [-0.05, 0) is 142 Å². The second-order valence-electron chi connectivity index (χ2n) is 17.5. The summed E-state index contributed by atoms with van der Waals surface area (Å²) in [5.74, 6) is -0.630. The summed E-state index contributed by atoms with van der Waals surface area (Å²) in [6.07, 6.45) is 18.5. The van der Waals surface area contributed by atoms with Gasteiger partial charge in [0.15, 0.2) is 0 Å². The molecule has 1 aliphatic heterocycles. The first kappa shape index (κ1) is 56.8. The minimum atomic E-state index is -0.813. The largest absolute Gasteiger partial charge is 0.509 e. The summed E-state index contributed by atoms with van der Waals surface area (Å²) in [5.41, 5.74) is 0. The van der Waals surface area contributed by atoms with Gasteiger partial charge in [0.05, 0.1) is 24.4 Å². The smallest absolute Gasteiger partial charge is 0.458 e. The molecule has 0 radical (unpaired) electrons. The van der Waals surface area contributed by atoms with E-state index in [9.17, 15) is 29.4 Å². The van der Waals surface area contributed by atoms with Crippen LogP contribution in [-0.2, 0) is 42.7 Å². The van der Waals surface area contributed by atoms with Gasteiger partial charge < -0.3 is 53.6 Å². The highest BCUT2D eigenvalue weighted by Crippen LogP contribution is 2.36. The van der Waals surface area contributed by atoms with E-state index in [0.29, 0.717) is 89.3 Å². The summed E-state index contributed by atoms with van der Waals surface area (Å²) in [6, 6.07) is 0. The van der Waals surface area contributed by atoms with Crippen LogP contribution < -0.4 is 0 Å². The lowest BCUT2D eigenvalue weighted by Gasteiger charge is -2.33. The molecule has 5 saturated carbocycles. The van der Waals surface area contributed by atoms with Gasteiger partial charge in [0.1, 0.15) is 36.6 Å². The molecule has 0 amide bonds. The van der Waals surface area contributed by atoms with Gasteiger partial charge in [-0.3, -0.25) is 9.59 Å². The molecule has 0 aromatic rings. The van der Waals surface area contributed by atoms with E-state index in [0.717, 1.165) is 72.8 Å². The van der Waals surface area contributed by atoms with E-state index in [-0.39, 0.29) is 45.4 Å². The number of hydrogen-bond donors (Lipinski definition) is 4. The summed E-state index contributed by atoms with van der Waals surface area (Å²) < 4.78 is 37.8. The summed E-state index contributed by atoms with van der Waals surface area (Å²) >= 11 is 0. The maximum Gasteiger partial charge on any atom is 0.509 e. The molecule has 63 heavy (non-hydrogen) atoms. The highest BCUT2D eigenvalue weighted by molar-refractivity contribution is 7.35. The third-order valence-corrected chi connectivity index (χ3v) is 12.2. The number of fused-ring (bicyclic) bond motifs is 1. The molecule has 0 spiro atoms. The van der Waals surface area contributed by atoms with Crippen LogP contribution in [0.5, 0.6) is 0 Å². The fraction of sp³-hybridized carbons (Fsp3) is 0.915. The zero-order valence-electron chi connectivity index (χ0n) is 37.8. The molecular formula is C47H85O15P. The van der Waals surface area contributed by atoms with Crippen molar-refractivity contribution in [1.29, 1.82) is 0 Å². The van der Waals surface area contributed by atoms with Crippen LogP contribution in [-0.4, -0.2) is 132 Å². The molecule has 5 aliphatic carbocycles. The molecule has 1 heterocycles. The van der Waals surface area contributed by atoms with Crippen molar-refractivity contribution in [1.82, 2.24) is 0 Å². The van der Waals surface area contributed by atoms with Crippen molar-refractivity contribution < 1.29 is 72.8 Å². The van der Waals surface area contributed by atoms with Crippen molar-refractivity contribution in [3.05, 3.63) is 0 Å². The Morgan fingerprint density at radius 1 is 0.444 bits per heavy atom. The minimum absolute atomic E-state index is 0. The standard InChI is InChI=1S/C25H42O9.C13H22O5.C6H10O.C2H7P.CH4/c26-17-9-1-3-15-23(28)31-19-11-5-7-13-21(19)33-25(30)34-22-14-8-6-12-20(22)32-24(29)16-4-2-10-18-27;14-9-5-1-3-7-11(9)17-13(16)18-12-8-4-2-6-10(12)15;1-2-4-6-5(3-1)7-6;1-3-2;/h19-22,26-27H,1-18H2;9-12,14-15H,1-8H2;5-6H,1-4H2;3H,1-2H3;1H4. The SMILES string of the molecule is C.C1CCC2OC2C1.CPC.O=C(CCCCCO)OC1CCCCC1OC(=O)OC1CCCCC1OC(=O)CCCCCO.O=C(OC1CCCCC1O)OC1CCCCC1O. The van der Waals surface area contributed by atoms with E-state index in [4.69, 9.17) is 43.4 Å². The minimum Gasteiger partial charge on any atom is -0.458 e. The Bertz CT molecular complexity index is 1160. The maximum absolute atomic E-state index is 12.6. The Balaban J connectivity index is 0.000000385. The molecule has 4 N–H and O–H groups in total. The Labute approximate surface area is 379 Å². The van der Waals surface area contributed by atoms with Crippen molar-refractivity contribution in [3.63, 3.8) is 0 Å². The van der Waals surface area contributed by atoms with Gasteiger partial charge in [-0.2, -0.15) is 0 Å². The van der Waals surface area contributed by atoms with Gasteiger partial charge >= 0.3 is 24.2 Å². The van der Waals surface area contributed by atoms with E-state index in [1.165, 1.54) is 25.7 Å². The van der Waals surface area contributed by atoms with Gasteiger partial charge in [-0.15, -0.1) is 8.58 Å². The monoisotopic (exact) mass is 921 g/mol. The van der Waals surface area contributed by atoms with Gasteiger partial charge in [-0.25, -0.2) is 9.59 Å². The number of hydrogen-bond acceptors (Lipinski definition) is 15. The Kier molecular flexibility index (Phi) is 30.7. The number of epoxide rings is 1. The highest BCUT2D eigenvalue weighted by atomic mass is 31.1. The predicted octanol–water partition coefficient (Wildman–Crippen LogP) is 8.59. The number of rotatable bonds is 16. The van der Waals surface area contributed by atoms with E-state index in [2.05, 4.69) is 13.3 Å². The molecule has 6 fully saturated rings. The topological polar surface area (TPSA) is 217 Å². The van der Waals surface area contributed by atoms with Crippen molar-refractivity contribution >= 4 is 32.8 Å². The maximum atomic E-state index is 12.6. The van der Waals surface area contributed by atoms with Gasteiger partial charge in [0.2, 0.25) is 0 Å². The fourth-order valence-electron chi connectivity index (χ4n) is 8.59.